The van der Waals surface area contributed by atoms with Crippen molar-refractivity contribution >= 4 is 52.4 Å². The lowest BCUT2D eigenvalue weighted by atomic mass is 10.1. The summed E-state index contributed by atoms with van der Waals surface area (Å²) in [5.41, 5.74) is 3.21. The normalized spacial score (nSPS) is 20.4. The van der Waals surface area contributed by atoms with Gasteiger partial charge in [0, 0.05) is 36.6 Å². The molecule has 0 saturated carbocycles. The monoisotopic (exact) mass is 509 g/mol. The highest BCUT2D eigenvalue weighted by Gasteiger charge is 2.31. The first kappa shape index (κ1) is 24.0. The average Bonchev–Trinajstić information content (AvgIpc) is 3.35. The molecule has 1 aromatic carbocycles. The molecule has 1 saturated heterocycles. The Morgan fingerprint density at radius 1 is 1.22 bits per heavy atom. The first-order chi connectivity index (χ1) is 17.2. The number of hydrogen-bond donors (Lipinski definition) is 4. The minimum absolute atomic E-state index is 0.0388. The van der Waals surface area contributed by atoms with Crippen LogP contribution >= 0.6 is 11.6 Å². The minimum atomic E-state index is -0.537. The quantitative estimate of drug-likeness (QED) is 0.396. The number of amides is 2. The third-order valence-electron chi connectivity index (χ3n) is 6.19. The third-order valence-corrected chi connectivity index (χ3v) is 6.48. The van der Waals surface area contributed by atoms with Gasteiger partial charge in [-0.15, -0.1) is 0 Å². The summed E-state index contributed by atoms with van der Waals surface area (Å²) >= 11 is 5.91. The van der Waals surface area contributed by atoms with E-state index in [0.29, 0.717) is 52.9 Å². The van der Waals surface area contributed by atoms with Crippen molar-refractivity contribution in [2.24, 2.45) is 0 Å². The molecule has 36 heavy (non-hydrogen) atoms. The van der Waals surface area contributed by atoms with Crippen molar-refractivity contribution in [2.75, 3.05) is 23.7 Å². The second kappa shape index (κ2) is 9.36. The van der Waals surface area contributed by atoms with Gasteiger partial charge in [-0.1, -0.05) is 11.6 Å². The predicted octanol–water partition coefficient (Wildman–Crippen LogP) is 3.96. The Hall–Kier alpha value is -3.76. The van der Waals surface area contributed by atoms with Gasteiger partial charge in [-0.2, -0.15) is 0 Å². The highest BCUT2D eigenvalue weighted by Crippen LogP contribution is 2.37. The lowest BCUT2D eigenvalue weighted by Crippen LogP contribution is -2.55. The lowest BCUT2D eigenvalue weighted by Gasteiger charge is -2.35. The summed E-state index contributed by atoms with van der Waals surface area (Å²) in [6.45, 7) is 7.21. The number of rotatable bonds is 4. The summed E-state index contributed by atoms with van der Waals surface area (Å²) in [6.07, 6.45) is 3.00. The Morgan fingerprint density at radius 3 is 2.69 bits per heavy atom. The Bertz CT molecular complexity index is 1390. The maximum Gasteiger partial charge on any atom is 0.270 e. The minimum Gasteiger partial charge on any atom is -0.351 e. The SMILES string of the molecule is Cc1cc(C(=O)N2C[C@@H](C)N[C@@H](C)C2)[nH]c1/C=C1\C(=O)Nc2ncnc(Nc3ccc(F)c(Cl)c3)c21. The molecule has 0 spiro atoms. The molecule has 3 aromatic rings. The first-order valence-electron chi connectivity index (χ1n) is 11.5. The molecule has 5 rings (SSSR count). The number of benzene rings is 1. The van der Waals surface area contributed by atoms with Crippen LogP contribution in [0.15, 0.2) is 30.6 Å². The van der Waals surface area contributed by atoms with Crippen molar-refractivity contribution in [3.8, 4) is 0 Å². The molecule has 4 heterocycles. The van der Waals surface area contributed by atoms with Gasteiger partial charge in [-0.05, 0) is 56.7 Å². The average molecular weight is 510 g/mol. The van der Waals surface area contributed by atoms with Crippen LogP contribution in [0.25, 0.3) is 11.6 Å². The van der Waals surface area contributed by atoms with E-state index in [2.05, 4.69) is 44.7 Å². The number of piperazine rings is 1. The maximum atomic E-state index is 13.6. The molecule has 2 atom stereocenters. The Labute approximate surface area is 212 Å². The van der Waals surface area contributed by atoms with Gasteiger partial charge in [-0.25, -0.2) is 14.4 Å². The Morgan fingerprint density at radius 2 is 1.97 bits per heavy atom. The molecule has 0 unspecified atom stereocenters. The zero-order valence-electron chi connectivity index (χ0n) is 19.9. The number of halogens is 2. The number of aromatic nitrogens is 3. The number of nitrogens with one attached hydrogen (secondary N) is 4. The third kappa shape index (κ3) is 4.57. The Kier molecular flexibility index (Phi) is 6.23. The topological polar surface area (TPSA) is 115 Å². The van der Waals surface area contributed by atoms with E-state index in [1.165, 1.54) is 24.5 Å². The van der Waals surface area contributed by atoms with Crippen LogP contribution in [-0.4, -0.2) is 56.8 Å². The van der Waals surface area contributed by atoms with Crippen molar-refractivity contribution in [2.45, 2.75) is 32.9 Å². The van der Waals surface area contributed by atoms with Crippen LogP contribution < -0.4 is 16.0 Å². The van der Waals surface area contributed by atoms with Crippen LogP contribution in [0.3, 0.4) is 0 Å². The van der Waals surface area contributed by atoms with Gasteiger partial charge in [0.2, 0.25) is 0 Å². The smallest absolute Gasteiger partial charge is 0.270 e. The van der Waals surface area contributed by atoms with Crippen molar-refractivity contribution in [3.05, 3.63) is 63.9 Å². The van der Waals surface area contributed by atoms with Crippen molar-refractivity contribution in [3.63, 3.8) is 0 Å². The molecule has 2 aromatic heterocycles. The fourth-order valence-electron chi connectivity index (χ4n) is 4.61. The number of H-pyrrole nitrogens is 1. The van der Waals surface area contributed by atoms with E-state index in [-0.39, 0.29) is 28.9 Å². The highest BCUT2D eigenvalue weighted by atomic mass is 35.5. The van der Waals surface area contributed by atoms with Gasteiger partial charge in [0.15, 0.2) is 0 Å². The summed E-state index contributed by atoms with van der Waals surface area (Å²) in [5.74, 6) is -0.266. The van der Waals surface area contributed by atoms with Crippen molar-refractivity contribution in [1.82, 2.24) is 25.2 Å². The van der Waals surface area contributed by atoms with E-state index in [0.717, 1.165) is 5.56 Å². The van der Waals surface area contributed by atoms with E-state index in [1.807, 2.05) is 11.8 Å². The molecule has 0 radical (unpaired) electrons. The van der Waals surface area contributed by atoms with E-state index < -0.39 is 5.82 Å². The maximum absolute atomic E-state index is 13.6. The molecular weight excluding hydrogens is 485 g/mol. The molecule has 186 valence electrons. The second-order valence-corrected chi connectivity index (χ2v) is 9.58. The molecule has 2 amide bonds. The predicted molar refractivity (Wildman–Crippen MR) is 137 cm³/mol. The van der Waals surface area contributed by atoms with Crippen LogP contribution in [0.2, 0.25) is 5.02 Å². The fourth-order valence-corrected chi connectivity index (χ4v) is 4.79. The molecule has 0 aliphatic carbocycles. The second-order valence-electron chi connectivity index (χ2n) is 9.17. The molecule has 4 N–H and O–H groups in total. The number of aryl methyl sites for hydroxylation is 1. The summed E-state index contributed by atoms with van der Waals surface area (Å²) in [4.78, 5) is 39.5. The number of carbonyl (C=O) groups is 2. The van der Waals surface area contributed by atoms with Crippen LogP contribution in [-0.2, 0) is 4.79 Å². The highest BCUT2D eigenvalue weighted by molar-refractivity contribution is 6.35. The van der Waals surface area contributed by atoms with E-state index in [1.54, 1.807) is 12.1 Å². The van der Waals surface area contributed by atoms with Crippen LogP contribution in [0, 0.1) is 12.7 Å². The summed E-state index contributed by atoms with van der Waals surface area (Å²) in [6, 6.07) is 6.40. The zero-order chi connectivity index (χ0) is 25.6. The summed E-state index contributed by atoms with van der Waals surface area (Å²) < 4.78 is 13.6. The molecule has 2 aliphatic rings. The van der Waals surface area contributed by atoms with Gasteiger partial charge in [-0.3, -0.25) is 9.59 Å². The van der Waals surface area contributed by atoms with Crippen molar-refractivity contribution < 1.29 is 14.0 Å². The molecule has 11 heteroatoms. The van der Waals surface area contributed by atoms with Gasteiger partial charge < -0.3 is 25.8 Å². The van der Waals surface area contributed by atoms with Crippen molar-refractivity contribution in [1.29, 1.82) is 0 Å². The molecule has 9 nitrogen and oxygen atoms in total. The van der Waals surface area contributed by atoms with E-state index in [4.69, 9.17) is 11.6 Å². The van der Waals surface area contributed by atoms with Crippen LogP contribution in [0.1, 0.15) is 41.2 Å². The molecule has 2 aliphatic heterocycles. The zero-order valence-corrected chi connectivity index (χ0v) is 20.7. The molecule has 1 fully saturated rings. The molecular formula is C25H25ClFN7O2. The fraction of sp³-hybridized carbons (Fsp3) is 0.280. The standard InChI is InChI=1S/C25H25ClFN7O2/c1-12-6-20(25(36)34-9-13(2)30-14(3)10-34)32-19(12)8-16-21-22(28-11-29-23(21)33-24(16)35)31-15-4-5-18(27)17(26)7-15/h4-8,11,13-14,30,32H,9-10H2,1-3H3,(H2,28,29,31,33,35)/b16-8-/t13-,14+. The first-order valence-corrected chi connectivity index (χ1v) is 11.9. The molecule has 0 bridgehead atoms. The summed E-state index contributed by atoms with van der Waals surface area (Å²) in [7, 11) is 0. The number of nitrogens with zero attached hydrogens (tertiary/aromatic N) is 3. The van der Waals surface area contributed by atoms with Gasteiger partial charge in [0.1, 0.15) is 29.5 Å². The number of aromatic amines is 1. The number of carbonyl (C=O) groups excluding carboxylic acids is 2. The summed E-state index contributed by atoms with van der Waals surface area (Å²) in [5, 5.41) is 9.21. The largest absolute Gasteiger partial charge is 0.351 e. The Balaban J connectivity index is 1.47. The number of hydrogen-bond acceptors (Lipinski definition) is 6. The van der Waals surface area contributed by atoms with Gasteiger partial charge in [0.05, 0.1) is 16.2 Å². The number of fused-ring (bicyclic) bond motifs is 1. The van der Waals surface area contributed by atoms with E-state index >= 15 is 0 Å². The lowest BCUT2D eigenvalue weighted by molar-refractivity contribution is -0.110. The van der Waals surface area contributed by atoms with E-state index in [9.17, 15) is 14.0 Å². The van der Waals surface area contributed by atoms with Gasteiger partial charge >= 0.3 is 0 Å². The number of anilines is 3. The van der Waals surface area contributed by atoms with Crippen LogP contribution in [0.4, 0.5) is 21.7 Å². The van der Waals surface area contributed by atoms with Gasteiger partial charge in [0.25, 0.3) is 11.8 Å². The van der Waals surface area contributed by atoms with Crippen LogP contribution in [0.5, 0.6) is 0 Å².